The lowest BCUT2D eigenvalue weighted by Crippen LogP contribution is -2.46. The molecule has 1 aliphatic rings. The van der Waals surface area contributed by atoms with Crippen molar-refractivity contribution in [3.63, 3.8) is 0 Å². The maximum atomic E-state index is 13.3. The van der Waals surface area contributed by atoms with Crippen LogP contribution in [-0.4, -0.2) is 47.8 Å². The van der Waals surface area contributed by atoms with Gasteiger partial charge in [-0.15, -0.1) is 0 Å². The number of carbonyl (C=O) groups is 1. The van der Waals surface area contributed by atoms with E-state index in [9.17, 15) is 23.1 Å². The van der Waals surface area contributed by atoms with Gasteiger partial charge < -0.3 is 14.6 Å². The summed E-state index contributed by atoms with van der Waals surface area (Å²) in [6.45, 7) is 5.35. The number of halogens is 3. The van der Waals surface area contributed by atoms with Gasteiger partial charge in [0, 0.05) is 24.7 Å². The van der Waals surface area contributed by atoms with E-state index in [1.807, 2.05) is 60.7 Å². The summed E-state index contributed by atoms with van der Waals surface area (Å²) in [5, 5.41) is 10.6. The van der Waals surface area contributed by atoms with Crippen molar-refractivity contribution in [2.75, 3.05) is 20.2 Å². The van der Waals surface area contributed by atoms with Crippen LogP contribution < -0.4 is 9.47 Å². The Bertz CT molecular complexity index is 1220. The zero-order chi connectivity index (χ0) is 28.3. The summed E-state index contributed by atoms with van der Waals surface area (Å²) < 4.78 is 51.0. The third-order valence-corrected chi connectivity index (χ3v) is 7.76. The molecule has 0 amide bonds. The number of alkyl halides is 3. The first-order valence-electron chi connectivity index (χ1n) is 13.0. The summed E-state index contributed by atoms with van der Waals surface area (Å²) >= 11 is 0. The number of carboxylic acid groups (broad SMARTS) is 1. The topological polar surface area (TPSA) is 59.0 Å². The highest BCUT2D eigenvalue weighted by Crippen LogP contribution is 2.41. The Morgan fingerprint density at radius 3 is 1.97 bits per heavy atom. The van der Waals surface area contributed by atoms with E-state index in [-0.39, 0.29) is 23.1 Å². The molecule has 5 nitrogen and oxygen atoms in total. The van der Waals surface area contributed by atoms with Crippen molar-refractivity contribution < 1.29 is 32.5 Å². The number of likely N-dealkylation sites (tertiary alicyclic amines) is 1. The van der Waals surface area contributed by atoms with Crippen molar-refractivity contribution in [2.24, 2.45) is 0 Å². The fraction of sp³-hybridized carbons (Fsp3) is 0.387. The van der Waals surface area contributed by atoms with Crippen LogP contribution in [0.2, 0.25) is 0 Å². The van der Waals surface area contributed by atoms with Crippen molar-refractivity contribution in [3.05, 3.63) is 95.6 Å². The smallest absolute Gasteiger partial charge is 0.416 e. The zero-order valence-electron chi connectivity index (χ0n) is 22.4. The van der Waals surface area contributed by atoms with Gasteiger partial charge in [-0.3, -0.25) is 9.69 Å². The number of benzene rings is 3. The Morgan fingerprint density at radius 2 is 1.46 bits per heavy atom. The van der Waals surface area contributed by atoms with Crippen molar-refractivity contribution in [3.8, 4) is 11.5 Å². The fourth-order valence-corrected chi connectivity index (χ4v) is 5.39. The number of aliphatic carboxylic acids is 1. The number of carboxylic acids is 1. The molecule has 4 rings (SSSR count). The quantitative estimate of drug-likeness (QED) is 0.306. The molecule has 0 saturated carbocycles. The van der Waals surface area contributed by atoms with Crippen LogP contribution in [0.15, 0.2) is 78.9 Å². The Morgan fingerprint density at radius 1 is 0.897 bits per heavy atom. The minimum Gasteiger partial charge on any atom is -0.497 e. The highest BCUT2D eigenvalue weighted by Gasteiger charge is 2.44. The Kier molecular flexibility index (Phi) is 8.25. The molecule has 1 fully saturated rings. The second-order valence-electron chi connectivity index (χ2n) is 10.6. The molecule has 3 aromatic carbocycles. The van der Waals surface area contributed by atoms with E-state index < -0.39 is 23.1 Å². The average Bonchev–Trinajstić information content (AvgIpc) is 3.39. The van der Waals surface area contributed by atoms with Crippen LogP contribution in [0.3, 0.4) is 0 Å². The second kappa shape index (κ2) is 11.3. The molecule has 0 aromatic heterocycles. The fourth-order valence-electron chi connectivity index (χ4n) is 5.39. The number of hydrogen-bond donors (Lipinski definition) is 1. The van der Waals surface area contributed by atoms with Gasteiger partial charge in [0.05, 0.1) is 12.7 Å². The van der Waals surface area contributed by atoms with Crippen LogP contribution in [-0.2, 0) is 16.4 Å². The average molecular weight is 542 g/mol. The normalized spacial score (nSPS) is 16.7. The molecule has 8 heteroatoms. The van der Waals surface area contributed by atoms with Gasteiger partial charge in [-0.1, -0.05) is 60.7 Å². The Hall–Kier alpha value is -3.52. The predicted octanol–water partition coefficient (Wildman–Crippen LogP) is 6.80. The molecule has 1 aliphatic heterocycles. The third-order valence-electron chi connectivity index (χ3n) is 7.76. The summed E-state index contributed by atoms with van der Waals surface area (Å²) in [4.78, 5) is 15.2. The lowest BCUT2D eigenvalue weighted by atomic mass is 9.69. The molecule has 39 heavy (non-hydrogen) atoms. The molecular weight excluding hydrogens is 507 g/mol. The van der Waals surface area contributed by atoms with Crippen molar-refractivity contribution in [1.29, 1.82) is 0 Å². The lowest BCUT2D eigenvalue weighted by Gasteiger charge is -2.39. The molecule has 1 N–H and O–H groups in total. The SMILES string of the molecule is COc1cc(O[C@@H]2CCN(C(C)(C)CCC(C(=O)O)(c3ccccc3)c3ccccc3)C2)cc(C(F)(F)F)c1. The van der Waals surface area contributed by atoms with Crippen LogP contribution in [0, 0.1) is 0 Å². The molecule has 1 saturated heterocycles. The van der Waals surface area contributed by atoms with Gasteiger partial charge in [0.1, 0.15) is 23.0 Å². The maximum Gasteiger partial charge on any atom is 0.416 e. The summed E-state index contributed by atoms with van der Waals surface area (Å²) in [6, 6.07) is 22.0. The van der Waals surface area contributed by atoms with E-state index in [0.29, 0.717) is 32.4 Å². The van der Waals surface area contributed by atoms with Gasteiger partial charge >= 0.3 is 12.1 Å². The third kappa shape index (κ3) is 6.22. The van der Waals surface area contributed by atoms with Crippen LogP contribution in [0.1, 0.15) is 49.8 Å². The van der Waals surface area contributed by atoms with Gasteiger partial charge in [-0.2, -0.15) is 13.2 Å². The molecule has 0 unspecified atom stereocenters. The number of nitrogens with zero attached hydrogens (tertiary/aromatic N) is 1. The van der Waals surface area contributed by atoms with E-state index in [2.05, 4.69) is 18.7 Å². The van der Waals surface area contributed by atoms with Gasteiger partial charge in [0.15, 0.2) is 0 Å². The minimum atomic E-state index is -4.51. The zero-order valence-corrected chi connectivity index (χ0v) is 22.4. The van der Waals surface area contributed by atoms with Gasteiger partial charge in [0.2, 0.25) is 0 Å². The molecular formula is C31H34F3NO4. The summed E-state index contributed by atoms with van der Waals surface area (Å²) in [5.41, 5.74) is -0.974. The summed E-state index contributed by atoms with van der Waals surface area (Å²) in [7, 11) is 1.32. The molecule has 1 heterocycles. The number of rotatable bonds is 10. The summed E-state index contributed by atoms with van der Waals surface area (Å²) in [5.74, 6) is -0.706. The molecule has 0 aliphatic carbocycles. The van der Waals surface area contributed by atoms with E-state index in [1.54, 1.807) is 0 Å². The predicted molar refractivity (Wildman–Crippen MR) is 143 cm³/mol. The van der Waals surface area contributed by atoms with Crippen molar-refractivity contribution in [2.45, 2.75) is 56.3 Å². The highest BCUT2D eigenvalue weighted by molar-refractivity contribution is 5.86. The first kappa shape index (κ1) is 28.5. The van der Waals surface area contributed by atoms with Gasteiger partial charge in [-0.25, -0.2) is 0 Å². The van der Waals surface area contributed by atoms with Crippen molar-refractivity contribution in [1.82, 2.24) is 4.90 Å². The highest BCUT2D eigenvalue weighted by atomic mass is 19.4. The Balaban J connectivity index is 1.51. The molecule has 208 valence electrons. The first-order chi connectivity index (χ1) is 18.5. The van der Waals surface area contributed by atoms with Crippen LogP contribution >= 0.6 is 0 Å². The lowest BCUT2D eigenvalue weighted by molar-refractivity contribution is -0.142. The van der Waals surface area contributed by atoms with E-state index in [4.69, 9.17) is 9.47 Å². The monoisotopic (exact) mass is 541 g/mol. The Labute approximate surface area is 227 Å². The van der Waals surface area contributed by atoms with Gasteiger partial charge in [-0.05, 0) is 56.4 Å². The second-order valence-corrected chi connectivity index (χ2v) is 10.6. The molecule has 0 radical (unpaired) electrons. The molecule has 0 bridgehead atoms. The largest absolute Gasteiger partial charge is 0.497 e. The molecule has 0 spiro atoms. The van der Waals surface area contributed by atoms with E-state index in [0.717, 1.165) is 23.3 Å². The first-order valence-corrected chi connectivity index (χ1v) is 13.0. The van der Waals surface area contributed by atoms with Crippen molar-refractivity contribution >= 4 is 5.97 Å². The molecule has 1 atom stereocenters. The maximum absolute atomic E-state index is 13.3. The van der Waals surface area contributed by atoms with E-state index in [1.165, 1.54) is 13.2 Å². The minimum absolute atomic E-state index is 0.0850. The number of methoxy groups -OCH3 is 1. The van der Waals surface area contributed by atoms with Crippen LogP contribution in [0.25, 0.3) is 0 Å². The number of hydrogen-bond acceptors (Lipinski definition) is 4. The standard InChI is InChI=1S/C31H34F3NO4/c1-29(2,15-16-30(28(36)37,22-10-6-4-7-11-22)23-12-8-5-9-13-23)35-17-14-25(21-35)39-27-19-24(31(32,33)34)18-26(20-27)38-3/h4-13,18-20,25H,14-17,21H2,1-3H3,(H,36,37)/t25-/m1/s1. The molecule has 3 aromatic rings. The van der Waals surface area contributed by atoms with Gasteiger partial charge in [0.25, 0.3) is 0 Å². The van der Waals surface area contributed by atoms with Crippen LogP contribution in [0.5, 0.6) is 11.5 Å². The van der Waals surface area contributed by atoms with E-state index >= 15 is 0 Å². The number of ether oxygens (including phenoxy) is 2. The van der Waals surface area contributed by atoms with Crippen LogP contribution in [0.4, 0.5) is 13.2 Å². The summed E-state index contributed by atoms with van der Waals surface area (Å²) in [6.07, 6.45) is -3.22.